The third-order valence-electron chi connectivity index (χ3n) is 5.65. The maximum absolute atomic E-state index is 12.7. The Morgan fingerprint density at radius 1 is 1.03 bits per heavy atom. The summed E-state index contributed by atoms with van der Waals surface area (Å²) in [6, 6.07) is 9.78. The highest BCUT2D eigenvalue weighted by atomic mass is 35.5. The van der Waals surface area contributed by atoms with E-state index in [9.17, 15) is 18.0 Å². The van der Waals surface area contributed by atoms with Crippen LogP contribution in [0.4, 0.5) is 24.7 Å². The predicted molar refractivity (Wildman–Crippen MR) is 136 cm³/mol. The number of alkyl halides is 3. The van der Waals surface area contributed by atoms with Gasteiger partial charge in [-0.3, -0.25) is 9.69 Å². The number of rotatable bonds is 6. The van der Waals surface area contributed by atoms with Gasteiger partial charge in [-0.25, -0.2) is 9.97 Å². The molecule has 0 radical (unpaired) electrons. The molecule has 1 aliphatic heterocycles. The van der Waals surface area contributed by atoms with Crippen molar-refractivity contribution in [3.63, 3.8) is 0 Å². The summed E-state index contributed by atoms with van der Waals surface area (Å²) < 4.78 is 38.1. The van der Waals surface area contributed by atoms with Crippen LogP contribution in [0, 0.1) is 0 Å². The molecule has 0 saturated carbocycles. The van der Waals surface area contributed by atoms with E-state index in [1.165, 1.54) is 30.6 Å². The summed E-state index contributed by atoms with van der Waals surface area (Å²) in [7, 11) is 0. The van der Waals surface area contributed by atoms with Gasteiger partial charge in [0.1, 0.15) is 5.15 Å². The molecule has 0 unspecified atom stereocenters. The van der Waals surface area contributed by atoms with Crippen LogP contribution < -0.4 is 10.2 Å². The van der Waals surface area contributed by atoms with Crippen molar-refractivity contribution in [1.82, 2.24) is 14.9 Å². The lowest BCUT2D eigenvalue weighted by Crippen LogP contribution is -2.46. The largest absolute Gasteiger partial charge is 0.416 e. The summed E-state index contributed by atoms with van der Waals surface area (Å²) >= 11 is 12.0. The fraction of sp³-hybridized carbons (Fsp3) is 0.240. The number of piperazine rings is 1. The summed E-state index contributed by atoms with van der Waals surface area (Å²) in [4.78, 5) is 25.3. The molecular weight excluding hydrogens is 514 g/mol. The third kappa shape index (κ3) is 6.75. The lowest BCUT2D eigenvalue weighted by Gasteiger charge is -2.35. The average molecular weight is 536 g/mol. The summed E-state index contributed by atoms with van der Waals surface area (Å²) in [5.41, 5.74) is 0.913. The van der Waals surface area contributed by atoms with Crippen LogP contribution in [-0.2, 0) is 6.18 Å². The SMILES string of the molecule is O=C(Nc1cc(Cl)cnc1N1CCN(CC=Cc2ccc(C(F)(F)F)cc2)CC1)c1ccnc(Cl)c1. The maximum Gasteiger partial charge on any atom is 0.416 e. The van der Waals surface area contributed by atoms with Crippen LogP contribution in [0.5, 0.6) is 0 Å². The highest BCUT2D eigenvalue weighted by Gasteiger charge is 2.29. The first-order valence-corrected chi connectivity index (χ1v) is 11.8. The zero-order chi connectivity index (χ0) is 25.7. The lowest BCUT2D eigenvalue weighted by molar-refractivity contribution is -0.137. The van der Waals surface area contributed by atoms with Crippen molar-refractivity contribution in [2.45, 2.75) is 6.18 Å². The molecule has 1 fully saturated rings. The van der Waals surface area contributed by atoms with Crippen LogP contribution in [0.3, 0.4) is 0 Å². The Morgan fingerprint density at radius 2 is 1.75 bits per heavy atom. The lowest BCUT2D eigenvalue weighted by atomic mass is 10.1. The Kier molecular flexibility index (Phi) is 8.13. The Labute approximate surface area is 216 Å². The molecule has 0 bridgehead atoms. The standard InChI is InChI=1S/C25H22Cl2F3N5O/c26-20-15-21(33-24(36)18-7-8-31-22(27)14-18)23(32-16-20)35-12-10-34(11-13-35)9-1-2-17-3-5-19(6-4-17)25(28,29)30/h1-8,14-16H,9-13H2,(H,33,36). The highest BCUT2D eigenvalue weighted by molar-refractivity contribution is 6.31. The molecule has 0 aliphatic carbocycles. The number of nitrogens with zero attached hydrogens (tertiary/aromatic N) is 4. The minimum Gasteiger partial charge on any atom is -0.352 e. The number of hydrogen-bond acceptors (Lipinski definition) is 5. The van der Waals surface area contributed by atoms with Crippen LogP contribution in [0.1, 0.15) is 21.5 Å². The van der Waals surface area contributed by atoms with Crippen molar-refractivity contribution in [2.24, 2.45) is 0 Å². The normalized spacial score (nSPS) is 14.9. The first-order valence-electron chi connectivity index (χ1n) is 11.1. The minimum absolute atomic E-state index is 0.218. The van der Waals surface area contributed by atoms with Crippen molar-refractivity contribution in [3.8, 4) is 0 Å². The molecule has 0 atom stereocenters. The molecule has 36 heavy (non-hydrogen) atoms. The molecule has 11 heteroatoms. The molecule has 1 aromatic carbocycles. The van der Waals surface area contributed by atoms with Gasteiger partial charge in [-0.15, -0.1) is 0 Å². The number of aromatic nitrogens is 2. The van der Waals surface area contributed by atoms with Gasteiger partial charge in [0.2, 0.25) is 0 Å². The Hall–Kier alpha value is -3.14. The number of carbonyl (C=O) groups is 1. The number of pyridine rings is 2. The van der Waals surface area contributed by atoms with Crippen LogP contribution >= 0.6 is 23.2 Å². The van der Waals surface area contributed by atoms with Gasteiger partial charge in [-0.1, -0.05) is 47.5 Å². The van der Waals surface area contributed by atoms with Crippen molar-refractivity contribution in [2.75, 3.05) is 42.9 Å². The van der Waals surface area contributed by atoms with E-state index in [0.717, 1.165) is 25.2 Å². The molecule has 4 rings (SSSR count). The second kappa shape index (κ2) is 11.3. The van der Waals surface area contributed by atoms with E-state index in [4.69, 9.17) is 23.2 Å². The predicted octanol–water partition coefficient (Wildman–Crippen LogP) is 5.89. The minimum atomic E-state index is -4.34. The van der Waals surface area contributed by atoms with E-state index < -0.39 is 11.7 Å². The molecule has 3 aromatic rings. The summed E-state index contributed by atoms with van der Waals surface area (Å²) in [6.07, 6.45) is 2.40. The molecule has 1 amide bonds. The average Bonchev–Trinajstić information content (AvgIpc) is 2.84. The number of nitrogens with one attached hydrogen (secondary N) is 1. The maximum atomic E-state index is 12.7. The van der Waals surface area contributed by atoms with Gasteiger partial charge in [-0.2, -0.15) is 13.2 Å². The third-order valence-corrected chi connectivity index (χ3v) is 6.07. The van der Waals surface area contributed by atoms with Gasteiger partial charge in [-0.05, 0) is 35.9 Å². The monoisotopic (exact) mass is 535 g/mol. The van der Waals surface area contributed by atoms with Gasteiger partial charge in [0.15, 0.2) is 5.82 Å². The molecule has 6 nitrogen and oxygen atoms in total. The van der Waals surface area contributed by atoms with E-state index in [-0.39, 0.29) is 11.1 Å². The number of anilines is 2. The molecule has 3 heterocycles. The first kappa shape index (κ1) is 25.9. The van der Waals surface area contributed by atoms with Crippen LogP contribution in [0.15, 0.2) is 60.9 Å². The number of carbonyl (C=O) groups excluding carboxylic acids is 1. The summed E-state index contributed by atoms with van der Waals surface area (Å²) in [5, 5.41) is 3.48. The topological polar surface area (TPSA) is 61.4 Å². The molecule has 0 spiro atoms. The van der Waals surface area contributed by atoms with E-state index in [2.05, 4.69) is 25.1 Å². The quantitative estimate of drug-likeness (QED) is 0.399. The number of halogens is 5. The molecular formula is C25H22Cl2F3N5O. The van der Waals surface area contributed by atoms with Gasteiger partial charge in [0.05, 0.1) is 16.3 Å². The van der Waals surface area contributed by atoms with E-state index in [0.29, 0.717) is 47.3 Å². The van der Waals surface area contributed by atoms with Crippen molar-refractivity contribution in [3.05, 3.63) is 87.8 Å². The fourth-order valence-electron chi connectivity index (χ4n) is 3.78. The number of amides is 1. The van der Waals surface area contributed by atoms with Crippen LogP contribution in [-0.4, -0.2) is 53.5 Å². The summed E-state index contributed by atoms with van der Waals surface area (Å²) in [6.45, 7) is 3.50. The van der Waals surface area contributed by atoms with Crippen LogP contribution in [0.25, 0.3) is 6.08 Å². The number of hydrogen-bond donors (Lipinski definition) is 1. The van der Waals surface area contributed by atoms with Gasteiger partial charge in [0.25, 0.3) is 5.91 Å². The van der Waals surface area contributed by atoms with Crippen molar-refractivity contribution >= 4 is 46.7 Å². The number of benzene rings is 1. The molecule has 188 valence electrons. The van der Waals surface area contributed by atoms with Gasteiger partial charge in [0, 0.05) is 50.7 Å². The summed E-state index contributed by atoms with van der Waals surface area (Å²) in [5.74, 6) is 0.268. The molecule has 1 saturated heterocycles. The van der Waals surface area contributed by atoms with E-state index in [1.54, 1.807) is 12.1 Å². The second-order valence-electron chi connectivity index (χ2n) is 8.16. The van der Waals surface area contributed by atoms with E-state index >= 15 is 0 Å². The smallest absolute Gasteiger partial charge is 0.352 e. The zero-order valence-electron chi connectivity index (χ0n) is 19.0. The highest BCUT2D eigenvalue weighted by Crippen LogP contribution is 2.30. The van der Waals surface area contributed by atoms with Crippen LogP contribution in [0.2, 0.25) is 10.2 Å². The fourth-order valence-corrected chi connectivity index (χ4v) is 4.11. The second-order valence-corrected chi connectivity index (χ2v) is 8.98. The first-order chi connectivity index (χ1) is 17.2. The Bertz CT molecular complexity index is 1240. The Balaban J connectivity index is 1.35. The van der Waals surface area contributed by atoms with Crippen molar-refractivity contribution < 1.29 is 18.0 Å². The van der Waals surface area contributed by atoms with Gasteiger partial charge >= 0.3 is 6.18 Å². The van der Waals surface area contributed by atoms with Gasteiger partial charge < -0.3 is 10.2 Å². The molecule has 2 aromatic heterocycles. The van der Waals surface area contributed by atoms with E-state index in [1.807, 2.05) is 12.2 Å². The van der Waals surface area contributed by atoms with Crippen molar-refractivity contribution in [1.29, 1.82) is 0 Å². The Morgan fingerprint density at radius 3 is 2.42 bits per heavy atom. The molecule has 1 aliphatic rings. The zero-order valence-corrected chi connectivity index (χ0v) is 20.5. The molecule has 1 N–H and O–H groups in total.